The van der Waals surface area contributed by atoms with Crippen LogP contribution < -0.4 is 0 Å². The van der Waals surface area contributed by atoms with E-state index in [1.807, 2.05) is 0 Å². The molecule has 1 heterocycles. The summed E-state index contributed by atoms with van der Waals surface area (Å²) in [6.07, 6.45) is 2.34. The van der Waals surface area contributed by atoms with Gasteiger partial charge in [0.15, 0.2) is 0 Å². The first-order valence-electron chi connectivity index (χ1n) is 7.09. The summed E-state index contributed by atoms with van der Waals surface area (Å²) < 4.78 is 5.01. The zero-order valence-electron chi connectivity index (χ0n) is 12.1. The summed E-state index contributed by atoms with van der Waals surface area (Å²) in [6.45, 7) is 3.52. The minimum Gasteiger partial charge on any atom is -0.508 e. The molecule has 1 aliphatic rings. The number of aromatic hydroxyl groups is 1. The van der Waals surface area contributed by atoms with E-state index in [1.54, 1.807) is 24.3 Å². The fourth-order valence-electron chi connectivity index (χ4n) is 2.71. The van der Waals surface area contributed by atoms with E-state index in [4.69, 9.17) is 4.74 Å². The van der Waals surface area contributed by atoms with Crippen molar-refractivity contribution in [3.05, 3.63) is 42.5 Å². The molecule has 2 rings (SSSR count). The second kappa shape index (κ2) is 6.98. The zero-order valence-corrected chi connectivity index (χ0v) is 12.1. The van der Waals surface area contributed by atoms with Crippen molar-refractivity contribution < 1.29 is 24.5 Å². The Morgan fingerprint density at radius 1 is 1.32 bits per heavy atom. The lowest BCUT2D eigenvalue weighted by molar-refractivity contribution is -0.142. The van der Waals surface area contributed by atoms with Crippen LogP contribution in [0, 0.1) is 0 Å². The molecule has 1 fully saturated rings. The molecule has 0 aromatic heterocycles. The molecule has 6 nitrogen and oxygen atoms in total. The number of hydrogen-bond acceptors (Lipinski definition) is 4. The van der Waals surface area contributed by atoms with Crippen LogP contribution in [0.4, 0.5) is 4.79 Å². The van der Waals surface area contributed by atoms with Crippen LogP contribution in [0.5, 0.6) is 5.75 Å². The molecule has 2 atom stereocenters. The Kier molecular flexibility index (Phi) is 5.04. The number of carbonyl (C=O) groups is 2. The van der Waals surface area contributed by atoms with Gasteiger partial charge in [0.05, 0.1) is 0 Å². The van der Waals surface area contributed by atoms with Gasteiger partial charge in [-0.15, -0.1) is 0 Å². The van der Waals surface area contributed by atoms with Gasteiger partial charge in [-0.25, -0.2) is 9.59 Å². The molecule has 0 aliphatic carbocycles. The van der Waals surface area contributed by atoms with Crippen molar-refractivity contribution in [2.24, 2.45) is 0 Å². The van der Waals surface area contributed by atoms with E-state index in [9.17, 15) is 19.8 Å². The minimum absolute atomic E-state index is 0.0492. The highest BCUT2D eigenvalue weighted by Crippen LogP contribution is 2.28. The number of amides is 1. The largest absolute Gasteiger partial charge is 0.508 e. The first-order chi connectivity index (χ1) is 10.5. The molecule has 2 unspecified atom stereocenters. The van der Waals surface area contributed by atoms with Crippen molar-refractivity contribution in [3.63, 3.8) is 0 Å². The molecule has 1 saturated heterocycles. The molecule has 2 N–H and O–H groups in total. The number of ether oxygens (including phenoxy) is 1. The first-order valence-corrected chi connectivity index (χ1v) is 7.09. The lowest BCUT2D eigenvalue weighted by atomic mass is 10.0. The maximum Gasteiger partial charge on any atom is 0.411 e. The molecule has 1 aromatic carbocycles. The Labute approximate surface area is 128 Å². The molecule has 118 valence electrons. The number of carboxylic acids is 1. The van der Waals surface area contributed by atoms with Gasteiger partial charge >= 0.3 is 12.1 Å². The minimum atomic E-state index is -1.02. The predicted molar refractivity (Wildman–Crippen MR) is 79.6 cm³/mol. The topological polar surface area (TPSA) is 87.1 Å². The third-order valence-electron chi connectivity index (χ3n) is 3.73. The van der Waals surface area contributed by atoms with E-state index in [0.717, 1.165) is 5.56 Å². The summed E-state index contributed by atoms with van der Waals surface area (Å²) >= 11 is 0. The molecule has 1 aromatic rings. The van der Waals surface area contributed by atoms with Crippen LogP contribution in [0.2, 0.25) is 0 Å². The average molecular weight is 305 g/mol. The summed E-state index contributed by atoms with van der Waals surface area (Å²) in [7, 11) is 0. The first kappa shape index (κ1) is 15.9. The fraction of sp³-hybridized carbons (Fsp3) is 0.375. The van der Waals surface area contributed by atoms with Crippen molar-refractivity contribution in [2.45, 2.75) is 31.3 Å². The van der Waals surface area contributed by atoms with Crippen LogP contribution in [0.3, 0.4) is 0 Å². The van der Waals surface area contributed by atoms with Gasteiger partial charge in [0.2, 0.25) is 0 Å². The lowest BCUT2D eigenvalue weighted by Crippen LogP contribution is -2.46. The normalized spacial score (nSPS) is 20.6. The van der Waals surface area contributed by atoms with E-state index in [0.29, 0.717) is 19.3 Å². The van der Waals surface area contributed by atoms with E-state index in [-0.39, 0.29) is 18.4 Å². The van der Waals surface area contributed by atoms with Gasteiger partial charge in [-0.2, -0.15) is 0 Å². The summed E-state index contributed by atoms with van der Waals surface area (Å²) in [6, 6.07) is 5.56. The van der Waals surface area contributed by atoms with E-state index in [1.165, 1.54) is 11.0 Å². The Morgan fingerprint density at radius 3 is 2.59 bits per heavy atom. The summed E-state index contributed by atoms with van der Waals surface area (Å²) in [5.41, 5.74) is 0.926. The number of phenolic OH excluding ortho intramolecular Hbond substituents is 1. The molecule has 1 aliphatic heterocycles. The molecule has 0 saturated carbocycles. The quantitative estimate of drug-likeness (QED) is 0.814. The van der Waals surface area contributed by atoms with Crippen LogP contribution in [-0.4, -0.2) is 45.9 Å². The van der Waals surface area contributed by atoms with E-state index < -0.39 is 18.1 Å². The highest BCUT2D eigenvalue weighted by molar-refractivity contribution is 5.81. The van der Waals surface area contributed by atoms with Crippen molar-refractivity contribution in [1.82, 2.24) is 4.90 Å². The summed E-state index contributed by atoms with van der Waals surface area (Å²) in [4.78, 5) is 24.8. The monoisotopic (exact) mass is 305 g/mol. The van der Waals surface area contributed by atoms with E-state index in [2.05, 4.69) is 6.58 Å². The zero-order chi connectivity index (χ0) is 16.1. The molecular formula is C16H19NO5. The van der Waals surface area contributed by atoms with Crippen molar-refractivity contribution >= 4 is 12.1 Å². The molecule has 22 heavy (non-hydrogen) atoms. The number of carbonyl (C=O) groups excluding carboxylic acids is 1. The molecule has 0 spiro atoms. The highest BCUT2D eigenvalue weighted by atomic mass is 16.6. The van der Waals surface area contributed by atoms with Gasteiger partial charge in [-0.1, -0.05) is 24.8 Å². The van der Waals surface area contributed by atoms with Gasteiger partial charge in [0.1, 0.15) is 18.4 Å². The lowest BCUT2D eigenvalue weighted by Gasteiger charge is -2.27. The Hall–Kier alpha value is -2.50. The number of aliphatic carboxylic acids is 1. The molecule has 0 radical (unpaired) electrons. The molecule has 1 amide bonds. The Balaban J connectivity index is 2.13. The third-order valence-corrected chi connectivity index (χ3v) is 3.73. The molecule has 6 heteroatoms. The van der Waals surface area contributed by atoms with Crippen LogP contribution in [-0.2, 0) is 16.0 Å². The van der Waals surface area contributed by atoms with Gasteiger partial charge in [-0.3, -0.25) is 4.90 Å². The second-order valence-corrected chi connectivity index (χ2v) is 5.23. The van der Waals surface area contributed by atoms with Gasteiger partial charge in [0.25, 0.3) is 0 Å². The van der Waals surface area contributed by atoms with Crippen molar-refractivity contribution in [2.75, 3.05) is 6.61 Å². The van der Waals surface area contributed by atoms with Crippen LogP contribution in [0.15, 0.2) is 36.9 Å². The van der Waals surface area contributed by atoms with Gasteiger partial charge in [0, 0.05) is 6.04 Å². The predicted octanol–water partition coefficient (Wildman–Crippen LogP) is 2.17. The maximum atomic E-state index is 12.1. The number of phenols is 1. The molecular weight excluding hydrogens is 286 g/mol. The van der Waals surface area contributed by atoms with Gasteiger partial charge in [-0.05, 0) is 37.0 Å². The van der Waals surface area contributed by atoms with Crippen LogP contribution >= 0.6 is 0 Å². The third kappa shape index (κ3) is 3.58. The number of carboxylic acid groups (broad SMARTS) is 1. The number of nitrogens with zero attached hydrogens (tertiary/aromatic N) is 1. The Bertz CT molecular complexity index is 554. The summed E-state index contributed by atoms with van der Waals surface area (Å²) in [5, 5.41) is 18.6. The number of hydrogen-bond donors (Lipinski definition) is 2. The number of likely N-dealkylation sites (tertiary alicyclic amines) is 1. The van der Waals surface area contributed by atoms with Crippen molar-refractivity contribution in [3.8, 4) is 5.75 Å². The highest BCUT2D eigenvalue weighted by Gasteiger charge is 2.41. The SMILES string of the molecule is C=CCOC(=O)N1C(Cc2ccc(O)cc2)CCC1C(=O)O. The molecule has 0 bridgehead atoms. The van der Waals surface area contributed by atoms with Crippen molar-refractivity contribution in [1.29, 1.82) is 0 Å². The number of rotatable bonds is 5. The van der Waals surface area contributed by atoms with Crippen LogP contribution in [0.1, 0.15) is 18.4 Å². The smallest absolute Gasteiger partial charge is 0.411 e. The Morgan fingerprint density at radius 2 is 2.00 bits per heavy atom. The van der Waals surface area contributed by atoms with E-state index >= 15 is 0 Å². The van der Waals surface area contributed by atoms with Gasteiger partial charge < -0.3 is 14.9 Å². The fourth-order valence-corrected chi connectivity index (χ4v) is 2.71. The second-order valence-electron chi connectivity index (χ2n) is 5.23. The van der Waals surface area contributed by atoms with Crippen LogP contribution in [0.25, 0.3) is 0 Å². The standard InChI is InChI=1S/C16H19NO5/c1-2-9-22-16(21)17-12(5-8-14(17)15(19)20)10-11-3-6-13(18)7-4-11/h2-4,6-7,12,14,18H,1,5,8-10H2,(H,19,20). The summed E-state index contributed by atoms with van der Waals surface area (Å²) in [5.74, 6) is -0.857. The maximum absolute atomic E-state index is 12.1. The number of benzene rings is 1. The average Bonchev–Trinajstić information content (AvgIpc) is 2.91.